The van der Waals surface area contributed by atoms with E-state index < -0.39 is 5.84 Å². The average molecular weight is 244 g/mol. The van der Waals surface area contributed by atoms with Crippen LogP contribution in [-0.4, -0.2) is 24.9 Å². The Labute approximate surface area is 104 Å². The molecule has 0 aliphatic rings. The van der Waals surface area contributed by atoms with Crippen molar-refractivity contribution >= 4 is 23.4 Å². The maximum absolute atomic E-state index is 8.70. The highest BCUT2D eigenvalue weighted by Crippen LogP contribution is 2.12. The Hall–Kier alpha value is -2.88. The Morgan fingerprint density at radius 3 is 2.89 bits per heavy atom. The molecule has 0 unspecified atom stereocenters. The number of para-hydroxylation sites is 1. The standard InChI is InChI=1S/C11H12N6O/c1-18-15-7-8-4-2-3-5-9(8)16-17-10(6-12)11(13)14/h2-5,7,16H,1H3,(H3,13,14)/b15-7?,17-10+. The monoisotopic (exact) mass is 244 g/mol. The first kappa shape index (κ1) is 13.2. The molecule has 0 saturated heterocycles. The molecule has 18 heavy (non-hydrogen) atoms. The van der Waals surface area contributed by atoms with Gasteiger partial charge in [-0.25, -0.2) is 0 Å². The zero-order valence-electron chi connectivity index (χ0n) is 9.71. The summed E-state index contributed by atoms with van der Waals surface area (Å²) >= 11 is 0. The minimum Gasteiger partial charge on any atom is -0.399 e. The summed E-state index contributed by atoms with van der Waals surface area (Å²) in [5.41, 5.74) is 8.98. The van der Waals surface area contributed by atoms with Gasteiger partial charge in [0.1, 0.15) is 13.2 Å². The molecule has 0 aromatic heterocycles. The predicted octanol–water partition coefficient (Wildman–Crippen LogP) is 0.894. The Balaban J connectivity index is 2.95. The second-order valence-corrected chi connectivity index (χ2v) is 3.10. The second kappa shape index (κ2) is 6.65. The van der Waals surface area contributed by atoms with Gasteiger partial charge in [-0.1, -0.05) is 23.4 Å². The summed E-state index contributed by atoms with van der Waals surface area (Å²) in [7, 11) is 1.44. The highest BCUT2D eigenvalue weighted by Gasteiger charge is 2.02. The Morgan fingerprint density at radius 1 is 1.56 bits per heavy atom. The zero-order chi connectivity index (χ0) is 13.4. The first-order valence-corrected chi connectivity index (χ1v) is 4.92. The number of nitrogens with one attached hydrogen (secondary N) is 2. The third-order valence-corrected chi connectivity index (χ3v) is 1.91. The molecule has 1 aromatic carbocycles. The first-order chi connectivity index (χ1) is 8.69. The SMILES string of the molecule is CON=Cc1ccccc1N/N=C(\C#N)C(=N)N. The molecular weight excluding hydrogens is 232 g/mol. The number of oxime groups is 1. The summed E-state index contributed by atoms with van der Waals surface area (Å²) in [5, 5.41) is 23.2. The molecule has 7 heteroatoms. The van der Waals surface area contributed by atoms with E-state index in [1.54, 1.807) is 24.3 Å². The number of benzene rings is 1. The number of nitrogens with zero attached hydrogens (tertiary/aromatic N) is 3. The summed E-state index contributed by atoms with van der Waals surface area (Å²) in [6, 6.07) is 8.87. The Bertz CT molecular complexity index is 529. The molecule has 0 spiro atoms. The number of hydrazone groups is 1. The van der Waals surface area contributed by atoms with Crippen molar-refractivity contribution in [2.24, 2.45) is 16.0 Å². The third kappa shape index (κ3) is 3.61. The largest absolute Gasteiger partial charge is 0.399 e. The Kier molecular flexibility index (Phi) is 4.87. The van der Waals surface area contributed by atoms with Crippen LogP contribution in [0.15, 0.2) is 34.5 Å². The van der Waals surface area contributed by atoms with E-state index in [2.05, 4.69) is 20.5 Å². The van der Waals surface area contributed by atoms with Gasteiger partial charge in [0.05, 0.1) is 11.9 Å². The molecule has 0 aliphatic heterocycles. The number of nitrogens with two attached hydrogens (primary N) is 1. The lowest BCUT2D eigenvalue weighted by molar-refractivity contribution is 0.215. The fourth-order valence-electron chi connectivity index (χ4n) is 1.08. The zero-order valence-corrected chi connectivity index (χ0v) is 9.71. The van der Waals surface area contributed by atoms with Crippen molar-refractivity contribution in [3.8, 4) is 6.07 Å². The van der Waals surface area contributed by atoms with Crippen molar-refractivity contribution in [1.82, 2.24) is 0 Å². The van der Waals surface area contributed by atoms with Crippen LogP contribution < -0.4 is 11.2 Å². The fraction of sp³-hybridized carbons (Fsp3) is 0.0909. The maximum atomic E-state index is 8.70. The van der Waals surface area contributed by atoms with Gasteiger partial charge in [-0.3, -0.25) is 10.8 Å². The van der Waals surface area contributed by atoms with Crippen molar-refractivity contribution in [1.29, 1.82) is 10.7 Å². The number of rotatable bonds is 5. The van der Waals surface area contributed by atoms with Crippen LogP contribution in [0.1, 0.15) is 5.56 Å². The van der Waals surface area contributed by atoms with Crippen LogP contribution in [0, 0.1) is 16.7 Å². The molecule has 0 bridgehead atoms. The number of amidine groups is 1. The molecule has 92 valence electrons. The highest BCUT2D eigenvalue weighted by atomic mass is 16.6. The lowest BCUT2D eigenvalue weighted by atomic mass is 10.2. The van der Waals surface area contributed by atoms with E-state index >= 15 is 0 Å². The van der Waals surface area contributed by atoms with Gasteiger partial charge in [0.15, 0.2) is 5.84 Å². The summed E-state index contributed by atoms with van der Waals surface area (Å²) in [4.78, 5) is 4.59. The minimum absolute atomic E-state index is 0.187. The molecule has 0 amide bonds. The van der Waals surface area contributed by atoms with Gasteiger partial charge in [-0.15, -0.1) is 0 Å². The normalized spacial score (nSPS) is 11.0. The van der Waals surface area contributed by atoms with Crippen LogP contribution in [0.2, 0.25) is 0 Å². The van der Waals surface area contributed by atoms with E-state index in [0.717, 1.165) is 5.56 Å². The number of nitriles is 1. The van der Waals surface area contributed by atoms with Gasteiger partial charge >= 0.3 is 0 Å². The molecular formula is C11H12N6O. The van der Waals surface area contributed by atoms with E-state index in [1.807, 2.05) is 6.07 Å². The summed E-state index contributed by atoms with van der Waals surface area (Å²) in [6.07, 6.45) is 1.50. The molecule has 0 aliphatic carbocycles. The number of anilines is 1. The minimum atomic E-state index is -0.395. The van der Waals surface area contributed by atoms with Gasteiger partial charge in [0.2, 0.25) is 5.71 Å². The van der Waals surface area contributed by atoms with Crippen molar-refractivity contribution < 1.29 is 4.84 Å². The van der Waals surface area contributed by atoms with Gasteiger partial charge in [0.25, 0.3) is 0 Å². The maximum Gasteiger partial charge on any atom is 0.201 e. The number of hydrogen-bond donors (Lipinski definition) is 3. The van der Waals surface area contributed by atoms with Crippen LogP contribution in [0.4, 0.5) is 5.69 Å². The second-order valence-electron chi connectivity index (χ2n) is 3.10. The molecule has 0 atom stereocenters. The van der Waals surface area contributed by atoms with Crippen LogP contribution >= 0.6 is 0 Å². The van der Waals surface area contributed by atoms with Gasteiger partial charge in [-0.05, 0) is 6.07 Å². The summed E-state index contributed by atoms with van der Waals surface area (Å²) < 4.78 is 0. The summed E-state index contributed by atoms with van der Waals surface area (Å²) in [6.45, 7) is 0. The van der Waals surface area contributed by atoms with Crippen LogP contribution in [0.3, 0.4) is 0 Å². The smallest absolute Gasteiger partial charge is 0.201 e. The molecule has 7 nitrogen and oxygen atoms in total. The van der Waals surface area contributed by atoms with Crippen molar-refractivity contribution in [3.63, 3.8) is 0 Å². The third-order valence-electron chi connectivity index (χ3n) is 1.91. The molecule has 1 aromatic rings. The molecule has 0 radical (unpaired) electrons. The molecule has 0 heterocycles. The van der Waals surface area contributed by atoms with Crippen LogP contribution in [0.5, 0.6) is 0 Å². The van der Waals surface area contributed by atoms with Crippen molar-refractivity contribution in [2.45, 2.75) is 0 Å². The van der Waals surface area contributed by atoms with E-state index in [4.69, 9.17) is 16.4 Å². The van der Waals surface area contributed by atoms with Gasteiger partial charge in [0, 0.05) is 5.56 Å². The molecule has 1 rings (SSSR count). The fourth-order valence-corrected chi connectivity index (χ4v) is 1.08. The predicted molar refractivity (Wildman–Crippen MR) is 69.6 cm³/mol. The molecule has 0 saturated carbocycles. The lowest BCUT2D eigenvalue weighted by Crippen LogP contribution is -2.22. The van der Waals surface area contributed by atoms with Crippen molar-refractivity contribution in [3.05, 3.63) is 29.8 Å². The molecule has 4 N–H and O–H groups in total. The van der Waals surface area contributed by atoms with Crippen LogP contribution in [0.25, 0.3) is 0 Å². The topological polar surface area (TPSA) is 120 Å². The van der Waals surface area contributed by atoms with Gasteiger partial charge in [-0.2, -0.15) is 10.4 Å². The van der Waals surface area contributed by atoms with Crippen LogP contribution in [-0.2, 0) is 4.84 Å². The van der Waals surface area contributed by atoms with Gasteiger partial charge < -0.3 is 10.6 Å². The van der Waals surface area contributed by atoms with E-state index in [-0.39, 0.29) is 5.71 Å². The van der Waals surface area contributed by atoms with Crippen molar-refractivity contribution in [2.75, 3.05) is 12.5 Å². The lowest BCUT2D eigenvalue weighted by Gasteiger charge is -2.04. The van der Waals surface area contributed by atoms with E-state index in [0.29, 0.717) is 5.69 Å². The highest BCUT2D eigenvalue weighted by molar-refractivity contribution is 6.45. The average Bonchev–Trinajstić information content (AvgIpc) is 2.38. The summed E-state index contributed by atoms with van der Waals surface area (Å²) in [5.74, 6) is -0.395. The Morgan fingerprint density at radius 2 is 2.28 bits per heavy atom. The quantitative estimate of drug-likeness (QED) is 0.404. The van der Waals surface area contributed by atoms with E-state index in [1.165, 1.54) is 13.3 Å². The van der Waals surface area contributed by atoms with E-state index in [9.17, 15) is 0 Å². The first-order valence-electron chi connectivity index (χ1n) is 4.92. The number of hydrogen-bond acceptors (Lipinski definition) is 6. The molecule has 0 fully saturated rings.